The van der Waals surface area contributed by atoms with E-state index >= 15 is 0 Å². The van der Waals surface area contributed by atoms with Crippen molar-refractivity contribution < 1.29 is 9.72 Å². The largest absolute Gasteiger partial charge is 0.346 e. The third-order valence-electron chi connectivity index (χ3n) is 4.60. The molecular weight excluding hydrogens is 396 g/mol. The van der Waals surface area contributed by atoms with Crippen LogP contribution in [0.1, 0.15) is 39.9 Å². The first-order chi connectivity index (χ1) is 13.8. The summed E-state index contributed by atoms with van der Waals surface area (Å²) in [6, 6.07) is 7.01. The van der Waals surface area contributed by atoms with Gasteiger partial charge in [-0.05, 0) is 38.5 Å². The second-order valence-electron chi connectivity index (χ2n) is 6.59. The van der Waals surface area contributed by atoms with Gasteiger partial charge in [0.2, 0.25) is 0 Å². The van der Waals surface area contributed by atoms with Crippen LogP contribution in [-0.4, -0.2) is 30.4 Å². The van der Waals surface area contributed by atoms with Crippen molar-refractivity contribution in [2.24, 2.45) is 0 Å². The molecule has 0 saturated carbocycles. The van der Waals surface area contributed by atoms with Crippen LogP contribution in [0.5, 0.6) is 0 Å². The standard InChI is InChI=1S/C19H21ClN6O3/c1-4-24-11-16(20)17(23-24)9-21-19(27)15-7-5-14(6-8-15)10-25-13(3)18(26(28)29)12(2)22-25/h5-8,11H,4,9-10H2,1-3H3,(H,21,27). The lowest BCUT2D eigenvalue weighted by molar-refractivity contribution is -0.386. The predicted molar refractivity (Wildman–Crippen MR) is 108 cm³/mol. The summed E-state index contributed by atoms with van der Waals surface area (Å²) in [5, 5.41) is 23.0. The third kappa shape index (κ3) is 4.45. The van der Waals surface area contributed by atoms with Gasteiger partial charge >= 0.3 is 5.69 Å². The number of hydrogen-bond acceptors (Lipinski definition) is 5. The van der Waals surface area contributed by atoms with E-state index in [1.54, 1.807) is 53.7 Å². The first-order valence-electron chi connectivity index (χ1n) is 9.07. The lowest BCUT2D eigenvalue weighted by Gasteiger charge is -2.07. The van der Waals surface area contributed by atoms with Crippen molar-refractivity contribution in [1.82, 2.24) is 24.9 Å². The van der Waals surface area contributed by atoms with Crippen LogP contribution in [0, 0.1) is 24.0 Å². The van der Waals surface area contributed by atoms with Gasteiger partial charge < -0.3 is 5.32 Å². The highest BCUT2D eigenvalue weighted by molar-refractivity contribution is 6.31. The molecule has 1 aromatic carbocycles. The summed E-state index contributed by atoms with van der Waals surface area (Å²) in [6.07, 6.45) is 1.72. The third-order valence-corrected chi connectivity index (χ3v) is 4.92. The Morgan fingerprint density at radius 3 is 2.48 bits per heavy atom. The van der Waals surface area contributed by atoms with Gasteiger partial charge in [-0.3, -0.25) is 24.3 Å². The minimum absolute atomic E-state index is 0.0326. The summed E-state index contributed by atoms with van der Waals surface area (Å²) >= 11 is 6.11. The van der Waals surface area contributed by atoms with Crippen molar-refractivity contribution >= 4 is 23.2 Å². The number of rotatable bonds is 7. The molecule has 29 heavy (non-hydrogen) atoms. The first kappa shape index (κ1) is 20.5. The van der Waals surface area contributed by atoms with Crippen molar-refractivity contribution in [2.75, 3.05) is 0 Å². The number of nitrogens with one attached hydrogen (secondary N) is 1. The molecule has 10 heteroatoms. The minimum atomic E-state index is -0.419. The molecule has 2 heterocycles. The maximum Gasteiger partial charge on any atom is 0.312 e. The molecule has 0 saturated heterocycles. The monoisotopic (exact) mass is 416 g/mol. The zero-order valence-electron chi connectivity index (χ0n) is 16.3. The molecule has 0 fully saturated rings. The summed E-state index contributed by atoms with van der Waals surface area (Å²) in [7, 11) is 0. The van der Waals surface area contributed by atoms with E-state index in [9.17, 15) is 14.9 Å². The normalized spacial score (nSPS) is 10.9. The van der Waals surface area contributed by atoms with E-state index in [2.05, 4.69) is 15.5 Å². The molecule has 3 aromatic rings. The molecule has 9 nitrogen and oxygen atoms in total. The molecule has 3 rings (SSSR count). The van der Waals surface area contributed by atoms with Crippen molar-refractivity contribution in [1.29, 1.82) is 0 Å². The minimum Gasteiger partial charge on any atom is -0.346 e. The number of benzene rings is 1. The Morgan fingerprint density at radius 1 is 1.24 bits per heavy atom. The van der Waals surface area contributed by atoms with Gasteiger partial charge in [0.1, 0.15) is 17.1 Å². The van der Waals surface area contributed by atoms with Crippen LogP contribution in [-0.2, 0) is 19.6 Å². The number of nitro groups is 1. The second-order valence-corrected chi connectivity index (χ2v) is 7.00. The first-order valence-corrected chi connectivity index (χ1v) is 9.45. The molecule has 0 radical (unpaired) electrons. The molecule has 0 aliphatic rings. The van der Waals surface area contributed by atoms with E-state index in [1.165, 1.54) is 0 Å². The molecule has 1 N–H and O–H groups in total. The number of hydrogen-bond donors (Lipinski definition) is 1. The van der Waals surface area contributed by atoms with Crippen LogP contribution in [0.3, 0.4) is 0 Å². The van der Waals surface area contributed by atoms with Crippen LogP contribution in [0.2, 0.25) is 5.02 Å². The van der Waals surface area contributed by atoms with Gasteiger partial charge in [-0.25, -0.2) is 0 Å². The number of carbonyl (C=O) groups is 1. The van der Waals surface area contributed by atoms with Crippen LogP contribution in [0.25, 0.3) is 0 Å². The topological polar surface area (TPSA) is 108 Å². The number of nitrogens with zero attached hydrogens (tertiary/aromatic N) is 5. The van der Waals surface area contributed by atoms with E-state index < -0.39 is 4.92 Å². The maximum absolute atomic E-state index is 12.4. The van der Waals surface area contributed by atoms with Crippen molar-refractivity contribution in [3.8, 4) is 0 Å². The molecule has 152 valence electrons. The lowest BCUT2D eigenvalue weighted by Crippen LogP contribution is -2.23. The molecule has 1 amide bonds. The summed E-state index contributed by atoms with van der Waals surface area (Å²) in [4.78, 5) is 23.1. The van der Waals surface area contributed by atoms with E-state index in [-0.39, 0.29) is 18.1 Å². The quantitative estimate of drug-likeness (QED) is 0.469. The lowest BCUT2D eigenvalue weighted by atomic mass is 10.1. The highest BCUT2D eigenvalue weighted by Crippen LogP contribution is 2.22. The number of amides is 1. The highest BCUT2D eigenvalue weighted by Gasteiger charge is 2.21. The van der Waals surface area contributed by atoms with Gasteiger partial charge in [0.25, 0.3) is 5.91 Å². The van der Waals surface area contributed by atoms with Crippen molar-refractivity contribution in [2.45, 2.75) is 40.4 Å². The molecule has 0 unspecified atom stereocenters. The van der Waals surface area contributed by atoms with Crippen molar-refractivity contribution in [3.63, 3.8) is 0 Å². The van der Waals surface area contributed by atoms with Crippen molar-refractivity contribution in [3.05, 3.63) is 73.8 Å². The van der Waals surface area contributed by atoms with Gasteiger partial charge in [-0.1, -0.05) is 23.7 Å². The fourth-order valence-corrected chi connectivity index (χ4v) is 3.24. The fourth-order valence-electron chi connectivity index (χ4n) is 3.02. The van der Waals surface area contributed by atoms with Crippen LogP contribution >= 0.6 is 11.6 Å². The molecule has 0 spiro atoms. The van der Waals surface area contributed by atoms with Gasteiger partial charge in [-0.15, -0.1) is 0 Å². The van der Waals surface area contributed by atoms with Gasteiger partial charge in [0.05, 0.1) is 23.0 Å². The Labute approximate surface area is 172 Å². The van der Waals surface area contributed by atoms with E-state index in [4.69, 9.17) is 11.6 Å². The van der Waals surface area contributed by atoms with Crippen LogP contribution in [0.15, 0.2) is 30.5 Å². The van der Waals surface area contributed by atoms with Crippen LogP contribution in [0.4, 0.5) is 5.69 Å². The maximum atomic E-state index is 12.4. The Bertz CT molecular complexity index is 1050. The van der Waals surface area contributed by atoms with Gasteiger partial charge in [0.15, 0.2) is 0 Å². The molecule has 2 aromatic heterocycles. The fraction of sp³-hybridized carbons (Fsp3) is 0.316. The smallest absolute Gasteiger partial charge is 0.312 e. The molecule has 0 aliphatic carbocycles. The molecule has 0 atom stereocenters. The Hall–Kier alpha value is -3.20. The van der Waals surface area contributed by atoms with Gasteiger partial charge in [0, 0.05) is 18.3 Å². The Kier molecular flexibility index (Phi) is 5.97. The summed E-state index contributed by atoms with van der Waals surface area (Å²) in [6.45, 7) is 6.56. The SMILES string of the molecule is CCn1cc(Cl)c(CNC(=O)c2ccc(Cn3nc(C)c([N+](=O)[O-])c3C)cc2)n1. The highest BCUT2D eigenvalue weighted by atomic mass is 35.5. The van der Waals surface area contributed by atoms with E-state index in [0.29, 0.717) is 40.8 Å². The summed E-state index contributed by atoms with van der Waals surface area (Å²) in [5.41, 5.74) is 2.91. The molecular formula is C19H21ClN6O3. The predicted octanol–water partition coefficient (Wildman–Crippen LogP) is 3.26. The number of carbonyl (C=O) groups excluding carboxylic acids is 1. The number of aryl methyl sites for hydroxylation is 2. The summed E-state index contributed by atoms with van der Waals surface area (Å²) < 4.78 is 3.30. The van der Waals surface area contributed by atoms with Crippen LogP contribution < -0.4 is 5.32 Å². The zero-order chi connectivity index (χ0) is 21.1. The average Bonchev–Trinajstić information content (AvgIpc) is 3.18. The number of aromatic nitrogens is 4. The Balaban J connectivity index is 1.65. The molecule has 0 aliphatic heterocycles. The number of halogens is 1. The van der Waals surface area contributed by atoms with E-state index in [0.717, 1.165) is 5.56 Å². The average molecular weight is 417 g/mol. The second kappa shape index (κ2) is 8.44. The summed E-state index contributed by atoms with van der Waals surface area (Å²) in [5.74, 6) is -0.236. The van der Waals surface area contributed by atoms with E-state index in [1.807, 2.05) is 6.92 Å². The van der Waals surface area contributed by atoms with Gasteiger partial charge in [-0.2, -0.15) is 10.2 Å². The Morgan fingerprint density at radius 2 is 1.93 bits per heavy atom. The molecule has 0 bridgehead atoms. The zero-order valence-corrected chi connectivity index (χ0v) is 17.1.